The van der Waals surface area contributed by atoms with Gasteiger partial charge in [0.05, 0.1) is 11.1 Å². The Labute approximate surface area is 285 Å². The highest BCUT2D eigenvalue weighted by atomic mass is 19.1. The number of benzene rings is 4. The highest BCUT2D eigenvalue weighted by Crippen LogP contribution is 2.33. The number of para-hydroxylation sites is 1. The van der Waals surface area contributed by atoms with Crippen LogP contribution in [-0.2, 0) is 9.59 Å². The Balaban J connectivity index is 0.000000592. The van der Waals surface area contributed by atoms with Crippen LogP contribution in [0.15, 0.2) is 115 Å². The van der Waals surface area contributed by atoms with Gasteiger partial charge in [0, 0.05) is 47.8 Å². The number of anilines is 2. The molecular formula is C39H41FN4O5. The summed E-state index contributed by atoms with van der Waals surface area (Å²) in [7, 11) is 1.59. The Bertz CT molecular complexity index is 1920. The van der Waals surface area contributed by atoms with Gasteiger partial charge in [0.15, 0.2) is 11.6 Å². The molecule has 5 aromatic rings. The van der Waals surface area contributed by atoms with Crippen molar-refractivity contribution in [2.75, 3.05) is 24.3 Å². The van der Waals surface area contributed by atoms with Crippen LogP contribution in [-0.4, -0.2) is 41.2 Å². The minimum atomic E-state index is -0.991. The average Bonchev–Trinajstić information content (AvgIpc) is 3.06. The lowest BCUT2D eigenvalue weighted by molar-refractivity contribution is -0.118. The van der Waals surface area contributed by atoms with Crippen LogP contribution in [0.5, 0.6) is 17.2 Å². The number of hydrogen-bond acceptors (Lipinski definition) is 7. The molecule has 10 heteroatoms. The predicted octanol–water partition coefficient (Wildman–Crippen LogP) is 7.69. The van der Waals surface area contributed by atoms with E-state index in [0.29, 0.717) is 33.8 Å². The molecule has 0 saturated heterocycles. The molecule has 0 atom stereocenters. The first-order chi connectivity index (χ1) is 23.3. The van der Waals surface area contributed by atoms with E-state index in [0.717, 1.165) is 6.07 Å². The zero-order chi connectivity index (χ0) is 35.6. The lowest BCUT2D eigenvalue weighted by Gasteiger charge is -2.18. The third-order valence-electron chi connectivity index (χ3n) is 7.13. The monoisotopic (exact) mass is 664 g/mol. The maximum Gasteiger partial charge on any atom is 0.263 e. The van der Waals surface area contributed by atoms with Crippen LogP contribution in [0, 0.1) is 19.7 Å². The maximum absolute atomic E-state index is 15.1. The van der Waals surface area contributed by atoms with Crippen LogP contribution < -0.4 is 25.4 Å². The summed E-state index contributed by atoms with van der Waals surface area (Å²) in [6.45, 7) is 9.18. The van der Waals surface area contributed by atoms with Crippen molar-refractivity contribution in [3.05, 3.63) is 131 Å². The molecule has 49 heavy (non-hydrogen) atoms. The molecule has 9 nitrogen and oxygen atoms in total. The molecular weight excluding hydrogens is 623 g/mol. The van der Waals surface area contributed by atoms with Gasteiger partial charge < -0.3 is 30.5 Å². The van der Waals surface area contributed by atoms with E-state index in [-0.39, 0.29) is 23.6 Å². The summed E-state index contributed by atoms with van der Waals surface area (Å²) in [5, 5.41) is 18.6. The van der Waals surface area contributed by atoms with Gasteiger partial charge in [-0.15, -0.1) is 0 Å². The van der Waals surface area contributed by atoms with Gasteiger partial charge in [-0.1, -0.05) is 53.6 Å². The van der Waals surface area contributed by atoms with Crippen LogP contribution >= 0.6 is 0 Å². The number of allylic oxidation sites excluding steroid dienone is 1. The van der Waals surface area contributed by atoms with Crippen molar-refractivity contribution in [1.82, 2.24) is 10.3 Å². The van der Waals surface area contributed by atoms with Crippen LogP contribution in [0.2, 0.25) is 0 Å². The molecule has 4 aromatic carbocycles. The fraction of sp³-hybridized carbons (Fsp3) is 0.205. The topological polar surface area (TPSA) is 122 Å². The summed E-state index contributed by atoms with van der Waals surface area (Å²) in [6.07, 6.45) is 1.53. The second-order valence-corrected chi connectivity index (χ2v) is 12.0. The van der Waals surface area contributed by atoms with Gasteiger partial charge in [-0.05, 0) is 77.1 Å². The first kappa shape index (κ1) is 36.1. The number of carbonyl (C=O) groups is 2. The van der Waals surface area contributed by atoms with E-state index in [1.54, 1.807) is 76.3 Å². The summed E-state index contributed by atoms with van der Waals surface area (Å²) in [6, 6.07) is 27.9. The maximum atomic E-state index is 15.1. The fourth-order valence-electron chi connectivity index (χ4n) is 4.43. The van der Waals surface area contributed by atoms with E-state index in [1.165, 1.54) is 29.5 Å². The lowest BCUT2D eigenvalue weighted by atomic mass is 10.1. The van der Waals surface area contributed by atoms with Crippen molar-refractivity contribution in [3.63, 3.8) is 0 Å². The van der Waals surface area contributed by atoms with Crippen molar-refractivity contribution < 1.29 is 28.6 Å². The van der Waals surface area contributed by atoms with Crippen molar-refractivity contribution in [2.24, 2.45) is 0 Å². The molecule has 0 aliphatic carbocycles. The molecule has 5 rings (SSSR count). The summed E-state index contributed by atoms with van der Waals surface area (Å²) in [5.41, 5.74) is 3.09. The molecule has 0 fully saturated rings. The Morgan fingerprint density at radius 2 is 1.45 bits per heavy atom. The van der Waals surface area contributed by atoms with Crippen molar-refractivity contribution >= 4 is 34.1 Å². The van der Waals surface area contributed by atoms with Gasteiger partial charge in [0.1, 0.15) is 23.7 Å². The summed E-state index contributed by atoms with van der Waals surface area (Å²) >= 11 is 0. The normalized spacial score (nSPS) is 11.4. The summed E-state index contributed by atoms with van der Waals surface area (Å²) in [4.78, 5) is 30.3. The number of aromatic nitrogens is 1. The summed E-state index contributed by atoms with van der Waals surface area (Å²) in [5.74, 6) is -1.22. The highest BCUT2D eigenvalue weighted by molar-refractivity contribution is 6.26. The number of nitrogens with one attached hydrogen (secondary N) is 3. The van der Waals surface area contributed by atoms with Gasteiger partial charge in [0.25, 0.3) is 11.8 Å². The van der Waals surface area contributed by atoms with E-state index >= 15 is 4.39 Å². The molecule has 0 unspecified atom stereocenters. The number of nitrogens with zero attached hydrogens (tertiary/aromatic N) is 1. The van der Waals surface area contributed by atoms with Crippen molar-refractivity contribution in [2.45, 2.75) is 40.2 Å². The molecule has 0 saturated carbocycles. The highest BCUT2D eigenvalue weighted by Gasteiger charge is 2.22. The van der Waals surface area contributed by atoms with Crippen LogP contribution in [0.4, 0.5) is 15.8 Å². The van der Waals surface area contributed by atoms with Gasteiger partial charge in [0.2, 0.25) is 0 Å². The van der Waals surface area contributed by atoms with Gasteiger partial charge in [-0.25, -0.2) is 4.39 Å². The number of hydrogen-bond donors (Lipinski definition) is 4. The van der Waals surface area contributed by atoms with E-state index in [1.807, 2.05) is 6.07 Å². The fourth-order valence-corrected chi connectivity index (χ4v) is 4.43. The van der Waals surface area contributed by atoms with Crippen LogP contribution in [0.3, 0.4) is 0 Å². The number of pyridine rings is 1. The van der Waals surface area contributed by atoms with E-state index in [9.17, 15) is 14.7 Å². The second kappa shape index (κ2) is 16.4. The van der Waals surface area contributed by atoms with Gasteiger partial charge in [-0.2, -0.15) is 0 Å². The van der Waals surface area contributed by atoms with Crippen molar-refractivity contribution in [3.8, 4) is 17.2 Å². The summed E-state index contributed by atoms with van der Waals surface area (Å²) < 4.78 is 26.6. The Morgan fingerprint density at radius 1 is 0.816 bits per heavy atom. The Hall–Kier alpha value is -5.74. The first-order valence-corrected chi connectivity index (χ1v) is 15.6. The average molecular weight is 665 g/mol. The third kappa shape index (κ3) is 10.6. The molecule has 2 amide bonds. The molecule has 4 N–H and O–H groups in total. The SMILES string of the molecule is CN/C(C)=C(\C(=O)Nc1ccccc1)C(=O)Nc1ccc(Oc2ccnc3cc(OCC(C)(C)O)ccc23)c(F)c1.Cc1ccc(C)cc1. The number of carbonyl (C=O) groups excluding carboxylic acids is 2. The number of rotatable bonds is 10. The lowest BCUT2D eigenvalue weighted by Crippen LogP contribution is -2.29. The number of halogens is 1. The standard InChI is InChI=1S/C31H31FN4O5.C8H10/c1-19(33-4)28(29(37)35-20-8-6-5-7-9-20)30(38)36-21-10-13-27(24(32)16-21)41-26-14-15-34-25-17-22(11-12-23(25)26)40-18-31(2,3)39;1-7-3-5-8(2)6-4-7/h5-17,33,39H,18H2,1-4H3,(H,35,37)(H,36,38);3-6H,1-2H3/b28-19+;. The Kier molecular flexibility index (Phi) is 12.1. The smallest absolute Gasteiger partial charge is 0.263 e. The number of amides is 2. The number of aliphatic hydroxyl groups is 1. The van der Waals surface area contributed by atoms with E-state index < -0.39 is 23.2 Å². The second-order valence-electron chi connectivity index (χ2n) is 12.0. The number of fused-ring (bicyclic) bond motifs is 1. The predicted molar refractivity (Wildman–Crippen MR) is 191 cm³/mol. The molecule has 0 bridgehead atoms. The first-order valence-electron chi connectivity index (χ1n) is 15.6. The van der Waals surface area contributed by atoms with Gasteiger partial charge >= 0.3 is 0 Å². The molecule has 0 spiro atoms. The van der Waals surface area contributed by atoms with Crippen molar-refractivity contribution in [1.29, 1.82) is 0 Å². The molecule has 1 aromatic heterocycles. The zero-order valence-electron chi connectivity index (χ0n) is 28.4. The molecule has 0 aliphatic heterocycles. The van der Waals surface area contributed by atoms with Gasteiger partial charge in [-0.3, -0.25) is 14.6 Å². The third-order valence-corrected chi connectivity index (χ3v) is 7.13. The number of aryl methyl sites for hydroxylation is 2. The minimum absolute atomic E-state index is 0.0677. The van der Waals surface area contributed by atoms with E-state index in [2.05, 4.69) is 59.0 Å². The number of ether oxygens (including phenoxy) is 2. The molecule has 1 heterocycles. The quantitative estimate of drug-likeness (QED) is 0.0686. The van der Waals surface area contributed by atoms with E-state index in [4.69, 9.17) is 9.47 Å². The van der Waals surface area contributed by atoms with Crippen LogP contribution in [0.1, 0.15) is 31.9 Å². The molecule has 254 valence electrons. The Morgan fingerprint density at radius 3 is 2.04 bits per heavy atom. The molecule has 0 aliphatic rings. The minimum Gasteiger partial charge on any atom is -0.491 e. The van der Waals surface area contributed by atoms with Crippen LogP contribution in [0.25, 0.3) is 10.9 Å². The largest absolute Gasteiger partial charge is 0.491 e. The molecule has 0 radical (unpaired) electrons. The zero-order valence-corrected chi connectivity index (χ0v) is 28.4.